The SMILES string of the molecule is CC(=O)N1CCc2c(ccc(Cl)c2NC(=O)Cc2ccc(C(F)(F)F)c(F)c2)C1. The van der Waals surface area contributed by atoms with Gasteiger partial charge in [0.25, 0.3) is 0 Å². The van der Waals surface area contributed by atoms with Crippen molar-refractivity contribution < 1.29 is 27.2 Å². The second-order valence-electron chi connectivity index (χ2n) is 6.79. The molecule has 0 aliphatic carbocycles. The van der Waals surface area contributed by atoms with E-state index < -0.39 is 23.5 Å². The summed E-state index contributed by atoms with van der Waals surface area (Å²) < 4.78 is 51.7. The van der Waals surface area contributed by atoms with E-state index in [1.54, 1.807) is 17.0 Å². The Hall–Kier alpha value is -2.61. The van der Waals surface area contributed by atoms with Gasteiger partial charge in [0.15, 0.2) is 0 Å². The van der Waals surface area contributed by atoms with Crippen LogP contribution in [0.4, 0.5) is 23.2 Å². The first-order chi connectivity index (χ1) is 13.6. The summed E-state index contributed by atoms with van der Waals surface area (Å²) in [7, 11) is 0. The van der Waals surface area contributed by atoms with Crippen molar-refractivity contribution >= 4 is 29.1 Å². The highest BCUT2D eigenvalue weighted by Crippen LogP contribution is 2.34. The highest BCUT2D eigenvalue weighted by Gasteiger charge is 2.34. The lowest BCUT2D eigenvalue weighted by atomic mass is 9.97. The Labute approximate surface area is 169 Å². The van der Waals surface area contributed by atoms with E-state index in [1.807, 2.05) is 0 Å². The molecule has 2 amide bonds. The largest absolute Gasteiger partial charge is 0.419 e. The zero-order valence-corrected chi connectivity index (χ0v) is 16.1. The van der Waals surface area contributed by atoms with Crippen molar-refractivity contribution in [1.82, 2.24) is 4.90 Å². The van der Waals surface area contributed by atoms with Crippen LogP contribution in [0.5, 0.6) is 0 Å². The summed E-state index contributed by atoms with van der Waals surface area (Å²) >= 11 is 6.22. The molecule has 1 N–H and O–H groups in total. The minimum Gasteiger partial charge on any atom is -0.338 e. The van der Waals surface area contributed by atoms with Crippen molar-refractivity contribution in [3.8, 4) is 0 Å². The number of fused-ring (bicyclic) bond motifs is 1. The molecule has 0 atom stereocenters. The fourth-order valence-corrected chi connectivity index (χ4v) is 3.52. The van der Waals surface area contributed by atoms with Crippen molar-refractivity contribution in [1.29, 1.82) is 0 Å². The van der Waals surface area contributed by atoms with Gasteiger partial charge >= 0.3 is 6.18 Å². The second-order valence-corrected chi connectivity index (χ2v) is 7.19. The van der Waals surface area contributed by atoms with Crippen LogP contribution in [0.2, 0.25) is 5.02 Å². The van der Waals surface area contributed by atoms with Gasteiger partial charge in [-0.3, -0.25) is 9.59 Å². The Bertz CT molecular complexity index is 976. The van der Waals surface area contributed by atoms with Crippen LogP contribution in [0, 0.1) is 5.82 Å². The third-order valence-electron chi connectivity index (χ3n) is 4.77. The number of amides is 2. The molecule has 2 aromatic rings. The number of benzene rings is 2. The number of nitrogens with one attached hydrogen (secondary N) is 1. The van der Waals surface area contributed by atoms with Gasteiger partial charge in [-0.2, -0.15) is 13.2 Å². The summed E-state index contributed by atoms with van der Waals surface area (Å²) in [4.78, 5) is 25.7. The monoisotopic (exact) mass is 428 g/mol. The average molecular weight is 429 g/mol. The van der Waals surface area contributed by atoms with Crippen molar-refractivity contribution in [3.05, 3.63) is 63.4 Å². The Morgan fingerprint density at radius 3 is 2.55 bits per heavy atom. The van der Waals surface area contributed by atoms with Crippen molar-refractivity contribution in [2.45, 2.75) is 32.5 Å². The van der Waals surface area contributed by atoms with Crippen LogP contribution in [0.25, 0.3) is 0 Å². The Morgan fingerprint density at radius 2 is 1.93 bits per heavy atom. The third-order valence-corrected chi connectivity index (χ3v) is 5.08. The van der Waals surface area contributed by atoms with Gasteiger partial charge in [-0.05, 0) is 41.3 Å². The second kappa shape index (κ2) is 8.02. The molecule has 0 unspecified atom stereocenters. The van der Waals surface area contributed by atoms with Gasteiger partial charge in [-0.1, -0.05) is 23.7 Å². The van der Waals surface area contributed by atoms with Gasteiger partial charge in [0.2, 0.25) is 11.8 Å². The van der Waals surface area contributed by atoms with Crippen LogP contribution in [0.3, 0.4) is 0 Å². The molecule has 9 heteroatoms. The molecule has 4 nitrogen and oxygen atoms in total. The topological polar surface area (TPSA) is 49.4 Å². The quantitative estimate of drug-likeness (QED) is 0.727. The predicted octanol–water partition coefficient (Wildman–Crippen LogP) is 4.58. The lowest BCUT2D eigenvalue weighted by Gasteiger charge is -2.29. The van der Waals surface area contributed by atoms with Crippen molar-refractivity contribution in [2.75, 3.05) is 11.9 Å². The minimum absolute atomic E-state index is 0.0551. The number of carbonyl (C=O) groups excluding carboxylic acids is 2. The number of rotatable bonds is 3. The van der Waals surface area contributed by atoms with Gasteiger partial charge in [-0.15, -0.1) is 0 Å². The molecule has 1 heterocycles. The third kappa shape index (κ3) is 4.70. The molecular weight excluding hydrogens is 412 g/mol. The predicted molar refractivity (Wildman–Crippen MR) is 100.0 cm³/mol. The number of alkyl halides is 3. The molecule has 0 bridgehead atoms. The molecule has 1 aliphatic heterocycles. The lowest BCUT2D eigenvalue weighted by Crippen LogP contribution is -2.34. The number of anilines is 1. The highest BCUT2D eigenvalue weighted by molar-refractivity contribution is 6.34. The van der Waals surface area contributed by atoms with Gasteiger partial charge in [0.1, 0.15) is 5.82 Å². The molecule has 0 saturated carbocycles. The van der Waals surface area contributed by atoms with Crippen molar-refractivity contribution in [2.24, 2.45) is 0 Å². The molecule has 2 aromatic carbocycles. The molecule has 1 aliphatic rings. The van der Waals surface area contributed by atoms with Crippen LogP contribution in [-0.4, -0.2) is 23.3 Å². The zero-order valence-electron chi connectivity index (χ0n) is 15.4. The summed E-state index contributed by atoms with van der Waals surface area (Å²) in [5, 5.41) is 2.99. The van der Waals surface area contributed by atoms with E-state index in [0.717, 1.165) is 17.2 Å². The molecule has 154 valence electrons. The first kappa shape index (κ1) is 21.1. The smallest absolute Gasteiger partial charge is 0.338 e. The number of hydrogen-bond acceptors (Lipinski definition) is 2. The van der Waals surface area contributed by atoms with Crippen LogP contribution < -0.4 is 5.32 Å². The first-order valence-electron chi connectivity index (χ1n) is 8.77. The van der Waals surface area contributed by atoms with E-state index in [9.17, 15) is 27.2 Å². The van der Waals surface area contributed by atoms with Crippen LogP contribution in [-0.2, 0) is 35.2 Å². The normalized spacial score (nSPS) is 13.8. The van der Waals surface area contributed by atoms with Gasteiger partial charge in [0.05, 0.1) is 22.7 Å². The fourth-order valence-electron chi connectivity index (χ4n) is 3.30. The molecule has 0 radical (unpaired) electrons. The molecule has 0 fully saturated rings. The Kier molecular flexibility index (Phi) is 5.84. The maximum absolute atomic E-state index is 13.7. The zero-order chi connectivity index (χ0) is 21.3. The molecule has 0 aromatic heterocycles. The van der Waals surface area contributed by atoms with Gasteiger partial charge < -0.3 is 10.2 Å². The first-order valence-corrected chi connectivity index (χ1v) is 9.15. The Balaban J connectivity index is 1.77. The molecule has 0 saturated heterocycles. The molecular formula is C20H17ClF4N2O2. The minimum atomic E-state index is -4.80. The average Bonchev–Trinajstić information content (AvgIpc) is 2.62. The summed E-state index contributed by atoms with van der Waals surface area (Å²) in [5.41, 5.74) is 0.798. The number of nitrogens with zero attached hydrogens (tertiary/aromatic N) is 1. The van der Waals surface area contributed by atoms with E-state index >= 15 is 0 Å². The summed E-state index contributed by atoms with van der Waals surface area (Å²) in [5.74, 6) is -2.02. The summed E-state index contributed by atoms with van der Waals surface area (Å²) in [6, 6.07) is 5.78. The Morgan fingerprint density at radius 1 is 1.21 bits per heavy atom. The van der Waals surface area contributed by atoms with Gasteiger partial charge in [0, 0.05) is 20.0 Å². The maximum Gasteiger partial charge on any atom is 0.419 e. The van der Waals surface area contributed by atoms with E-state index in [4.69, 9.17) is 11.6 Å². The maximum atomic E-state index is 13.7. The van der Waals surface area contributed by atoms with Crippen molar-refractivity contribution in [3.63, 3.8) is 0 Å². The number of hydrogen-bond donors (Lipinski definition) is 1. The van der Waals surface area contributed by atoms with E-state index in [-0.39, 0.29) is 17.9 Å². The van der Waals surface area contributed by atoms with Crippen LogP contribution in [0.1, 0.15) is 29.2 Å². The highest BCUT2D eigenvalue weighted by atomic mass is 35.5. The molecule has 29 heavy (non-hydrogen) atoms. The molecule has 3 rings (SSSR count). The molecule has 0 spiro atoms. The van der Waals surface area contributed by atoms with E-state index in [1.165, 1.54) is 6.92 Å². The number of halogens is 5. The fraction of sp³-hybridized carbons (Fsp3) is 0.300. The van der Waals surface area contributed by atoms with Gasteiger partial charge in [-0.25, -0.2) is 4.39 Å². The summed E-state index contributed by atoms with van der Waals surface area (Å²) in [6.45, 7) is 2.36. The van der Waals surface area contributed by atoms with E-state index in [0.29, 0.717) is 42.4 Å². The van der Waals surface area contributed by atoms with Crippen LogP contribution in [0.15, 0.2) is 30.3 Å². The van der Waals surface area contributed by atoms with E-state index in [2.05, 4.69) is 5.32 Å². The lowest BCUT2D eigenvalue weighted by molar-refractivity contribution is -0.140. The standard InChI is InChI=1S/C20H17ClF4N2O2/c1-11(28)27-7-6-14-13(10-27)3-5-16(21)19(14)26-18(29)9-12-2-4-15(17(22)8-12)20(23,24)25/h2-5,8H,6-7,9-10H2,1H3,(H,26,29). The summed E-state index contributed by atoms with van der Waals surface area (Å²) in [6.07, 6.45) is -4.61. The number of carbonyl (C=O) groups is 2. The van der Waals surface area contributed by atoms with Crippen LogP contribution >= 0.6 is 11.6 Å².